The number of thioether (sulfide) groups is 1. The molecule has 4 heteroatoms. The topological polar surface area (TPSA) is 29.9 Å². The van der Waals surface area contributed by atoms with E-state index in [9.17, 15) is 0 Å². The molecule has 0 aliphatic heterocycles. The summed E-state index contributed by atoms with van der Waals surface area (Å²) in [6.07, 6.45) is 7.38. The summed E-state index contributed by atoms with van der Waals surface area (Å²) in [7, 11) is 0. The Hall–Kier alpha value is -1.26. The van der Waals surface area contributed by atoms with Gasteiger partial charge in [0.05, 0.1) is 12.2 Å². The van der Waals surface area contributed by atoms with Crippen LogP contribution in [-0.2, 0) is 6.54 Å². The minimum Gasteiger partial charge on any atom is -0.306 e. The van der Waals surface area contributed by atoms with E-state index in [0.29, 0.717) is 0 Å². The molecule has 1 heterocycles. The Morgan fingerprint density at radius 3 is 2.80 bits per heavy atom. The summed E-state index contributed by atoms with van der Waals surface area (Å²) in [6.45, 7) is 6.23. The van der Waals surface area contributed by atoms with Gasteiger partial charge < -0.3 is 5.32 Å². The molecule has 1 aromatic carbocycles. The van der Waals surface area contributed by atoms with Crippen LogP contribution in [0.5, 0.6) is 0 Å². The zero-order valence-corrected chi connectivity index (χ0v) is 13.3. The summed E-state index contributed by atoms with van der Waals surface area (Å²) in [5, 5.41) is 8.04. The molecule has 0 aliphatic rings. The van der Waals surface area contributed by atoms with E-state index in [2.05, 4.69) is 61.0 Å². The van der Waals surface area contributed by atoms with Crippen LogP contribution < -0.4 is 5.32 Å². The molecule has 0 saturated heterocycles. The summed E-state index contributed by atoms with van der Waals surface area (Å²) in [6, 6.07) is 8.81. The first kappa shape index (κ1) is 15.1. The average molecular weight is 289 g/mol. The van der Waals surface area contributed by atoms with Crippen molar-refractivity contribution in [2.45, 2.75) is 37.8 Å². The second-order valence-corrected chi connectivity index (χ2v) is 5.62. The molecule has 3 nitrogen and oxygen atoms in total. The smallest absolute Gasteiger partial charge is 0.0618 e. The van der Waals surface area contributed by atoms with Crippen molar-refractivity contribution in [1.29, 1.82) is 0 Å². The maximum atomic E-state index is 4.46. The third-order valence-electron chi connectivity index (χ3n) is 3.30. The monoisotopic (exact) mass is 289 g/mol. The first-order valence-corrected chi connectivity index (χ1v) is 8.41. The molecule has 1 N–H and O–H groups in total. The van der Waals surface area contributed by atoms with Crippen molar-refractivity contribution in [3.8, 4) is 0 Å². The molecule has 0 radical (unpaired) electrons. The Morgan fingerprint density at radius 1 is 1.30 bits per heavy atom. The zero-order valence-electron chi connectivity index (χ0n) is 12.5. The Morgan fingerprint density at radius 2 is 2.10 bits per heavy atom. The van der Waals surface area contributed by atoms with Gasteiger partial charge in [-0.1, -0.05) is 32.0 Å². The molecule has 0 amide bonds. The Kier molecular flexibility index (Phi) is 5.68. The number of hydrogen-bond acceptors (Lipinski definition) is 3. The van der Waals surface area contributed by atoms with E-state index in [4.69, 9.17) is 0 Å². The molecule has 0 bridgehead atoms. The number of hydrogen-bond donors (Lipinski definition) is 1. The maximum Gasteiger partial charge on any atom is 0.0618 e. The highest BCUT2D eigenvalue weighted by atomic mass is 32.2. The quantitative estimate of drug-likeness (QED) is 0.788. The van der Waals surface area contributed by atoms with E-state index in [0.717, 1.165) is 19.5 Å². The first-order valence-electron chi connectivity index (χ1n) is 7.18. The van der Waals surface area contributed by atoms with Crippen LogP contribution in [0.4, 0.5) is 0 Å². The predicted octanol–water partition coefficient (Wildman–Crippen LogP) is 3.71. The summed E-state index contributed by atoms with van der Waals surface area (Å²) in [5.41, 5.74) is 2.57. The Balaban J connectivity index is 2.34. The van der Waals surface area contributed by atoms with Gasteiger partial charge in [-0.05, 0) is 30.9 Å². The molecule has 2 rings (SSSR count). The van der Waals surface area contributed by atoms with Crippen LogP contribution in [0.1, 0.15) is 37.4 Å². The van der Waals surface area contributed by atoms with Gasteiger partial charge in [0.15, 0.2) is 0 Å². The second kappa shape index (κ2) is 7.50. The predicted molar refractivity (Wildman–Crippen MR) is 86.3 cm³/mol. The van der Waals surface area contributed by atoms with Gasteiger partial charge in [0, 0.05) is 23.2 Å². The molecule has 0 aliphatic carbocycles. The average Bonchev–Trinajstić information content (AvgIpc) is 2.93. The van der Waals surface area contributed by atoms with Crippen LogP contribution >= 0.6 is 11.8 Å². The molecule has 2 aromatic rings. The van der Waals surface area contributed by atoms with Crippen molar-refractivity contribution in [1.82, 2.24) is 15.1 Å². The van der Waals surface area contributed by atoms with E-state index < -0.39 is 0 Å². The number of aromatic nitrogens is 2. The Bertz CT molecular complexity index is 536. The SMILES string of the molecule is CCCn1cc(C(NCC)c2ccccc2SC)cn1. The zero-order chi connectivity index (χ0) is 14.4. The lowest BCUT2D eigenvalue weighted by atomic mass is 10.0. The highest BCUT2D eigenvalue weighted by Crippen LogP contribution is 2.29. The summed E-state index contributed by atoms with van der Waals surface area (Å²) < 4.78 is 2.03. The molecular formula is C16H23N3S. The third-order valence-corrected chi connectivity index (χ3v) is 4.11. The second-order valence-electron chi connectivity index (χ2n) is 4.77. The number of aryl methyl sites for hydroxylation is 1. The van der Waals surface area contributed by atoms with E-state index in [1.807, 2.05) is 10.9 Å². The van der Waals surface area contributed by atoms with E-state index in [1.165, 1.54) is 16.0 Å². The summed E-state index contributed by atoms with van der Waals surface area (Å²) in [5.74, 6) is 0. The molecule has 1 atom stereocenters. The van der Waals surface area contributed by atoms with Gasteiger partial charge in [-0.3, -0.25) is 4.68 Å². The van der Waals surface area contributed by atoms with Gasteiger partial charge in [0.1, 0.15) is 0 Å². The van der Waals surface area contributed by atoms with Crippen molar-refractivity contribution in [2.24, 2.45) is 0 Å². The number of benzene rings is 1. The molecule has 0 fully saturated rings. The van der Waals surface area contributed by atoms with Crippen LogP contribution in [-0.4, -0.2) is 22.6 Å². The van der Waals surface area contributed by atoms with E-state index >= 15 is 0 Å². The summed E-state index contributed by atoms with van der Waals surface area (Å²) >= 11 is 1.79. The summed E-state index contributed by atoms with van der Waals surface area (Å²) in [4.78, 5) is 1.32. The fourth-order valence-electron chi connectivity index (χ4n) is 2.40. The van der Waals surface area contributed by atoms with Crippen LogP contribution in [0.25, 0.3) is 0 Å². The third kappa shape index (κ3) is 3.44. The molecule has 1 aromatic heterocycles. The standard InChI is InChI=1S/C16H23N3S/c1-4-10-19-12-13(11-18-19)16(17-5-2)14-8-6-7-9-15(14)20-3/h6-9,11-12,16-17H,4-5,10H2,1-3H3. The largest absolute Gasteiger partial charge is 0.306 e. The van der Waals surface area contributed by atoms with Crippen LogP contribution in [0.3, 0.4) is 0 Å². The van der Waals surface area contributed by atoms with Gasteiger partial charge in [-0.2, -0.15) is 5.10 Å². The van der Waals surface area contributed by atoms with Crippen LogP contribution in [0.15, 0.2) is 41.6 Å². The van der Waals surface area contributed by atoms with Gasteiger partial charge >= 0.3 is 0 Å². The van der Waals surface area contributed by atoms with Gasteiger partial charge in [-0.25, -0.2) is 0 Å². The van der Waals surface area contributed by atoms with E-state index in [-0.39, 0.29) is 6.04 Å². The maximum absolute atomic E-state index is 4.46. The van der Waals surface area contributed by atoms with Crippen molar-refractivity contribution in [2.75, 3.05) is 12.8 Å². The lowest BCUT2D eigenvalue weighted by Gasteiger charge is -2.19. The number of nitrogens with one attached hydrogen (secondary N) is 1. The molecular weight excluding hydrogens is 266 g/mol. The fraction of sp³-hybridized carbons (Fsp3) is 0.438. The van der Waals surface area contributed by atoms with Gasteiger partial charge in [0.25, 0.3) is 0 Å². The highest BCUT2D eigenvalue weighted by molar-refractivity contribution is 7.98. The Labute approximate surface area is 125 Å². The van der Waals surface area contributed by atoms with E-state index in [1.54, 1.807) is 11.8 Å². The lowest BCUT2D eigenvalue weighted by Crippen LogP contribution is -2.22. The van der Waals surface area contributed by atoms with Crippen molar-refractivity contribution in [3.63, 3.8) is 0 Å². The molecule has 0 saturated carbocycles. The van der Waals surface area contributed by atoms with Crippen LogP contribution in [0, 0.1) is 0 Å². The number of rotatable bonds is 7. The minimum absolute atomic E-state index is 0.217. The highest BCUT2D eigenvalue weighted by Gasteiger charge is 2.17. The van der Waals surface area contributed by atoms with Crippen molar-refractivity contribution in [3.05, 3.63) is 47.8 Å². The first-order chi connectivity index (χ1) is 9.80. The molecule has 0 spiro atoms. The minimum atomic E-state index is 0.217. The van der Waals surface area contributed by atoms with Gasteiger partial charge in [0.2, 0.25) is 0 Å². The van der Waals surface area contributed by atoms with Crippen molar-refractivity contribution >= 4 is 11.8 Å². The normalized spacial score (nSPS) is 12.6. The molecule has 20 heavy (non-hydrogen) atoms. The molecule has 108 valence electrons. The fourth-order valence-corrected chi connectivity index (χ4v) is 3.03. The van der Waals surface area contributed by atoms with Crippen molar-refractivity contribution < 1.29 is 0 Å². The molecule has 1 unspecified atom stereocenters. The van der Waals surface area contributed by atoms with Gasteiger partial charge in [-0.15, -0.1) is 11.8 Å². The van der Waals surface area contributed by atoms with Crippen LogP contribution in [0.2, 0.25) is 0 Å². The lowest BCUT2D eigenvalue weighted by molar-refractivity contribution is 0.596. The number of nitrogens with zero attached hydrogens (tertiary/aromatic N) is 2.